The summed E-state index contributed by atoms with van der Waals surface area (Å²) in [5.74, 6) is 0.120. The molecule has 0 spiro atoms. The standard InChI is InChI=1S/C14H9N3O3S/c18-17(19)13-9-7-11(20-13)6-8-12-15-16-14(21-12)10-4-2-1-3-5-10/h1-9H. The summed E-state index contributed by atoms with van der Waals surface area (Å²) in [6, 6.07) is 12.6. The minimum Gasteiger partial charge on any atom is -0.401 e. The number of hydrogen-bond donors (Lipinski definition) is 0. The van der Waals surface area contributed by atoms with Gasteiger partial charge in [-0.15, -0.1) is 10.2 Å². The Kier molecular flexibility index (Phi) is 3.57. The molecule has 0 aliphatic carbocycles. The van der Waals surface area contributed by atoms with Crippen molar-refractivity contribution in [1.29, 1.82) is 0 Å². The molecule has 0 aliphatic heterocycles. The lowest BCUT2D eigenvalue weighted by Gasteiger charge is -1.91. The van der Waals surface area contributed by atoms with Crippen LogP contribution in [0, 0.1) is 10.1 Å². The Balaban J connectivity index is 1.77. The molecule has 2 aromatic heterocycles. The molecule has 0 unspecified atom stereocenters. The van der Waals surface area contributed by atoms with Gasteiger partial charge in [0.1, 0.15) is 20.7 Å². The van der Waals surface area contributed by atoms with Crippen LogP contribution in [-0.4, -0.2) is 15.1 Å². The van der Waals surface area contributed by atoms with Gasteiger partial charge in [-0.1, -0.05) is 41.7 Å². The lowest BCUT2D eigenvalue weighted by atomic mass is 10.2. The van der Waals surface area contributed by atoms with Crippen LogP contribution < -0.4 is 0 Å². The van der Waals surface area contributed by atoms with E-state index in [2.05, 4.69) is 10.2 Å². The van der Waals surface area contributed by atoms with E-state index >= 15 is 0 Å². The second kappa shape index (κ2) is 5.68. The van der Waals surface area contributed by atoms with E-state index in [1.54, 1.807) is 12.2 Å². The number of nitro groups is 1. The molecule has 0 atom stereocenters. The van der Waals surface area contributed by atoms with E-state index in [9.17, 15) is 10.1 Å². The molecule has 1 aromatic carbocycles. The molecule has 0 amide bonds. The first-order valence-corrected chi connectivity index (χ1v) is 6.85. The highest BCUT2D eigenvalue weighted by Gasteiger charge is 2.10. The Morgan fingerprint density at radius 2 is 1.90 bits per heavy atom. The lowest BCUT2D eigenvalue weighted by molar-refractivity contribution is -0.402. The van der Waals surface area contributed by atoms with E-state index in [0.29, 0.717) is 10.8 Å². The SMILES string of the molecule is O=[N+]([O-])c1ccc(C=Cc2nnc(-c3ccccc3)s2)o1. The van der Waals surface area contributed by atoms with Crippen molar-refractivity contribution in [2.75, 3.05) is 0 Å². The van der Waals surface area contributed by atoms with Gasteiger partial charge in [-0.25, -0.2) is 0 Å². The fourth-order valence-corrected chi connectivity index (χ4v) is 2.43. The van der Waals surface area contributed by atoms with Gasteiger partial charge in [0.05, 0.1) is 6.07 Å². The van der Waals surface area contributed by atoms with E-state index in [1.165, 1.54) is 23.5 Å². The van der Waals surface area contributed by atoms with Gasteiger partial charge in [-0.2, -0.15) is 0 Å². The van der Waals surface area contributed by atoms with Crippen molar-refractivity contribution in [3.63, 3.8) is 0 Å². The molecule has 6 nitrogen and oxygen atoms in total. The first-order valence-electron chi connectivity index (χ1n) is 6.03. The minimum absolute atomic E-state index is 0.281. The molecule has 0 aliphatic rings. The molecule has 0 fully saturated rings. The molecule has 3 aromatic rings. The maximum absolute atomic E-state index is 10.5. The van der Waals surface area contributed by atoms with Gasteiger partial charge >= 0.3 is 5.88 Å². The quantitative estimate of drug-likeness (QED) is 0.539. The molecular weight excluding hydrogens is 290 g/mol. The Morgan fingerprint density at radius 1 is 1.10 bits per heavy atom. The second-order valence-electron chi connectivity index (χ2n) is 4.08. The third-order valence-electron chi connectivity index (χ3n) is 2.64. The summed E-state index contributed by atoms with van der Waals surface area (Å²) in [4.78, 5) is 9.94. The van der Waals surface area contributed by atoms with E-state index < -0.39 is 4.92 Å². The smallest absolute Gasteiger partial charge is 0.401 e. The van der Waals surface area contributed by atoms with Crippen molar-refractivity contribution in [3.05, 3.63) is 63.3 Å². The van der Waals surface area contributed by atoms with Crippen LogP contribution in [0.4, 0.5) is 5.88 Å². The Labute approximate surface area is 123 Å². The van der Waals surface area contributed by atoms with Crippen molar-refractivity contribution in [1.82, 2.24) is 10.2 Å². The number of nitrogens with zero attached hydrogens (tertiary/aromatic N) is 3. The Bertz CT molecular complexity index is 793. The van der Waals surface area contributed by atoms with Crippen LogP contribution >= 0.6 is 11.3 Å². The lowest BCUT2D eigenvalue weighted by Crippen LogP contribution is -1.82. The minimum atomic E-state index is -0.574. The second-order valence-corrected chi connectivity index (χ2v) is 5.09. The van der Waals surface area contributed by atoms with Crippen LogP contribution in [0.25, 0.3) is 22.7 Å². The van der Waals surface area contributed by atoms with E-state index in [4.69, 9.17) is 4.42 Å². The van der Waals surface area contributed by atoms with Crippen molar-refractivity contribution in [2.45, 2.75) is 0 Å². The van der Waals surface area contributed by atoms with Crippen molar-refractivity contribution >= 4 is 29.4 Å². The molecule has 0 bridgehead atoms. The largest absolute Gasteiger partial charge is 0.433 e. The van der Waals surface area contributed by atoms with Gasteiger partial charge in [0.2, 0.25) is 0 Å². The van der Waals surface area contributed by atoms with Crippen LogP contribution in [0.1, 0.15) is 10.8 Å². The highest BCUT2D eigenvalue weighted by molar-refractivity contribution is 7.15. The molecule has 3 rings (SSSR count). The molecule has 2 heterocycles. The van der Waals surface area contributed by atoms with Gasteiger partial charge in [0.15, 0.2) is 0 Å². The number of hydrogen-bond acceptors (Lipinski definition) is 6. The van der Waals surface area contributed by atoms with E-state index in [0.717, 1.165) is 10.6 Å². The Hall–Kier alpha value is -2.80. The highest BCUT2D eigenvalue weighted by Crippen LogP contribution is 2.24. The maximum atomic E-state index is 10.5. The molecule has 0 radical (unpaired) electrons. The summed E-state index contributed by atoms with van der Waals surface area (Å²) < 4.78 is 5.03. The number of furan rings is 1. The van der Waals surface area contributed by atoms with E-state index in [-0.39, 0.29) is 5.88 Å². The molecule has 0 saturated heterocycles. The molecule has 7 heteroatoms. The monoisotopic (exact) mass is 299 g/mol. The fourth-order valence-electron chi connectivity index (χ4n) is 1.68. The summed E-state index contributed by atoms with van der Waals surface area (Å²) in [5.41, 5.74) is 1.00. The summed E-state index contributed by atoms with van der Waals surface area (Å²) in [6.07, 6.45) is 3.34. The Morgan fingerprint density at radius 3 is 2.62 bits per heavy atom. The number of rotatable bonds is 4. The van der Waals surface area contributed by atoms with Crippen molar-refractivity contribution < 1.29 is 9.34 Å². The summed E-state index contributed by atoms with van der Waals surface area (Å²) in [5, 5.41) is 20.2. The van der Waals surface area contributed by atoms with Crippen LogP contribution in [0.5, 0.6) is 0 Å². The van der Waals surface area contributed by atoms with Crippen LogP contribution in [0.15, 0.2) is 46.9 Å². The topological polar surface area (TPSA) is 82.1 Å². The summed E-state index contributed by atoms with van der Waals surface area (Å²) >= 11 is 1.43. The van der Waals surface area contributed by atoms with Gasteiger partial charge < -0.3 is 4.42 Å². The fraction of sp³-hybridized carbons (Fsp3) is 0. The predicted octanol–water partition coefficient (Wildman–Crippen LogP) is 3.88. The third kappa shape index (κ3) is 3.03. The predicted molar refractivity (Wildman–Crippen MR) is 79.6 cm³/mol. The normalized spacial score (nSPS) is 11.0. The van der Waals surface area contributed by atoms with Crippen LogP contribution in [-0.2, 0) is 0 Å². The van der Waals surface area contributed by atoms with Gasteiger partial charge in [0.25, 0.3) is 0 Å². The molecule has 0 N–H and O–H groups in total. The average Bonchev–Trinajstić information content (AvgIpc) is 3.15. The van der Waals surface area contributed by atoms with Gasteiger partial charge in [0, 0.05) is 5.56 Å². The van der Waals surface area contributed by atoms with Crippen LogP contribution in [0.3, 0.4) is 0 Å². The average molecular weight is 299 g/mol. The van der Waals surface area contributed by atoms with Gasteiger partial charge in [-0.3, -0.25) is 10.1 Å². The summed E-state index contributed by atoms with van der Waals surface area (Å²) in [7, 11) is 0. The maximum Gasteiger partial charge on any atom is 0.433 e. The highest BCUT2D eigenvalue weighted by atomic mass is 32.1. The zero-order valence-electron chi connectivity index (χ0n) is 10.7. The van der Waals surface area contributed by atoms with Gasteiger partial charge in [-0.05, 0) is 18.2 Å². The van der Waals surface area contributed by atoms with Crippen molar-refractivity contribution in [3.8, 4) is 10.6 Å². The molecule has 21 heavy (non-hydrogen) atoms. The van der Waals surface area contributed by atoms with Crippen LogP contribution in [0.2, 0.25) is 0 Å². The number of benzene rings is 1. The first-order chi connectivity index (χ1) is 10.2. The third-order valence-corrected chi connectivity index (χ3v) is 3.58. The molecule has 104 valence electrons. The molecular formula is C14H9N3O3S. The van der Waals surface area contributed by atoms with E-state index in [1.807, 2.05) is 30.3 Å². The number of aromatic nitrogens is 2. The zero-order valence-corrected chi connectivity index (χ0v) is 11.5. The van der Waals surface area contributed by atoms with Crippen molar-refractivity contribution in [2.24, 2.45) is 0 Å². The zero-order chi connectivity index (χ0) is 14.7. The first kappa shape index (κ1) is 13.2. The molecule has 0 saturated carbocycles. The summed E-state index contributed by atoms with van der Waals surface area (Å²) in [6.45, 7) is 0.